The molecule has 0 saturated carbocycles. The van der Waals surface area contributed by atoms with E-state index in [1.165, 1.54) is 0 Å². The van der Waals surface area contributed by atoms with Crippen molar-refractivity contribution in [3.8, 4) is 5.75 Å². The van der Waals surface area contributed by atoms with Crippen LogP contribution in [0.5, 0.6) is 5.75 Å². The van der Waals surface area contributed by atoms with Crippen LogP contribution in [0.25, 0.3) is 6.08 Å². The summed E-state index contributed by atoms with van der Waals surface area (Å²) in [6.45, 7) is 6.23. The van der Waals surface area contributed by atoms with E-state index in [-0.39, 0.29) is 11.1 Å². The van der Waals surface area contributed by atoms with Crippen LogP contribution in [0.3, 0.4) is 0 Å². The van der Waals surface area contributed by atoms with Crippen LogP contribution < -0.4 is 10.1 Å². The molecule has 0 unspecified atom stereocenters. The number of carbonyl (C=O) groups is 2. The van der Waals surface area contributed by atoms with Crippen LogP contribution in [0.15, 0.2) is 51.3 Å². The van der Waals surface area contributed by atoms with Gasteiger partial charge in [-0.2, -0.15) is 0 Å². The first-order valence-electron chi connectivity index (χ1n) is 8.60. The van der Waals surface area contributed by atoms with E-state index in [1.54, 1.807) is 32.3 Å². The van der Waals surface area contributed by atoms with E-state index in [0.29, 0.717) is 17.3 Å². The molecule has 1 aliphatic rings. The minimum atomic E-state index is -0.366. The van der Waals surface area contributed by atoms with Crippen molar-refractivity contribution in [1.29, 1.82) is 0 Å². The topological polar surface area (TPSA) is 80.1 Å². The zero-order chi connectivity index (χ0) is 20.2. The van der Waals surface area contributed by atoms with Gasteiger partial charge in [-0.3, -0.25) is 24.9 Å². The Bertz CT molecular complexity index is 778. The second-order valence-electron chi connectivity index (χ2n) is 4.99. The summed E-state index contributed by atoms with van der Waals surface area (Å²) in [5.74, 6) is 0.313. The molecular weight excluding hydrogens is 362 g/mol. The Balaban J connectivity index is 0.00000176. The Morgan fingerprint density at radius 3 is 2.30 bits per heavy atom. The molecular formula is C20H25N3O3S. The number of rotatable bonds is 6. The van der Waals surface area contributed by atoms with Crippen molar-refractivity contribution in [2.45, 2.75) is 20.8 Å². The van der Waals surface area contributed by atoms with Crippen LogP contribution in [-0.2, 0) is 4.79 Å². The average Bonchev–Trinajstić information content (AvgIpc) is 3.01. The number of aliphatic imine (C=N–C) groups is 2. The van der Waals surface area contributed by atoms with E-state index in [4.69, 9.17) is 4.74 Å². The zero-order valence-corrected chi connectivity index (χ0v) is 17.1. The van der Waals surface area contributed by atoms with Crippen LogP contribution in [0.2, 0.25) is 0 Å². The van der Waals surface area contributed by atoms with E-state index >= 15 is 0 Å². The van der Waals surface area contributed by atoms with Crippen molar-refractivity contribution >= 4 is 40.4 Å². The highest BCUT2D eigenvalue weighted by Crippen LogP contribution is 2.26. The van der Waals surface area contributed by atoms with Crippen LogP contribution >= 0.6 is 11.8 Å². The molecule has 1 fully saturated rings. The molecule has 2 rings (SSSR count). The number of imide groups is 1. The Hall–Kier alpha value is -2.67. The smallest absolute Gasteiger partial charge is 0.290 e. The fourth-order valence-corrected chi connectivity index (χ4v) is 2.78. The van der Waals surface area contributed by atoms with Crippen molar-refractivity contribution in [2.24, 2.45) is 9.98 Å². The minimum absolute atomic E-state index is 0.306. The van der Waals surface area contributed by atoms with Gasteiger partial charge in [-0.05, 0) is 48.5 Å². The lowest BCUT2D eigenvalue weighted by Gasteiger charge is -2.09. The summed E-state index contributed by atoms with van der Waals surface area (Å²) in [5, 5.41) is 1.88. The SMILES string of the molecule is C/C=C\C(=NC)C(COc1ccc(/C=C2/SC(=O)NC2=O)cc1)=NC.CC. The first-order valence-corrected chi connectivity index (χ1v) is 9.42. The summed E-state index contributed by atoms with van der Waals surface area (Å²) in [5.41, 5.74) is 2.35. The first kappa shape index (κ1) is 22.4. The molecule has 2 amide bonds. The molecule has 1 N–H and O–H groups in total. The number of allylic oxidation sites excluding steroid dienone is 2. The van der Waals surface area contributed by atoms with Crippen LogP contribution in [0.4, 0.5) is 4.79 Å². The van der Waals surface area contributed by atoms with Crippen molar-refractivity contribution in [2.75, 3.05) is 20.7 Å². The summed E-state index contributed by atoms with van der Waals surface area (Å²) in [7, 11) is 3.42. The average molecular weight is 388 g/mol. The maximum absolute atomic E-state index is 11.5. The van der Waals surface area contributed by atoms with Crippen LogP contribution in [-0.4, -0.2) is 43.3 Å². The predicted molar refractivity (Wildman–Crippen MR) is 114 cm³/mol. The minimum Gasteiger partial charge on any atom is -0.487 e. The fourth-order valence-electron chi connectivity index (χ4n) is 2.10. The molecule has 1 saturated heterocycles. The molecule has 1 aromatic carbocycles. The zero-order valence-electron chi connectivity index (χ0n) is 16.3. The third-order valence-corrected chi connectivity index (χ3v) is 4.14. The largest absolute Gasteiger partial charge is 0.487 e. The highest BCUT2D eigenvalue weighted by atomic mass is 32.2. The van der Waals surface area contributed by atoms with E-state index in [9.17, 15) is 9.59 Å². The Labute approximate surface area is 164 Å². The number of ether oxygens (including phenoxy) is 1. The summed E-state index contributed by atoms with van der Waals surface area (Å²) < 4.78 is 5.75. The summed E-state index contributed by atoms with van der Waals surface area (Å²) >= 11 is 0.895. The Morgan fingerprint density at radius 1 is 1.15 bits per heavy atom. The molecule has 1 aromatic rings. The van der Waals surface area contributed by atoms with Crippen molar-refractivity contribution in [1.82, 2.24) is 5.32 Å². The van der Waals surface area contributed by atoms with Gasteiger partial charge in [0.2, 0.25) is 0 Å². The number of hydrogen-bond acceptors (Lipinski definition) is 6. The van der Waals surface area contributed by atoms with Gasteiger partial charge in [-0.1, -0.05) is 32.1 Å². The maximum Gasteiger partial charge on any atom is 0.290 e. The van der Waals surface area contributed by atoms with Gasteiger partial charge in [-0.25, -0.2) is 0 Å². The Kier molecular flexibility index (Phi) is 9.82. The summed E-state index contributed by atoms with van der Waals surface area (Å²) in [4.78, 5) is 31.5. The summed E-state index contributed by atoms with van der Waals surface area (Å²) in [6, 6.07) is 7.25. The third-order valence-electron chi connectivity index (χ3n) is 3.33. The molecule has 0 spiro atoms. The molecule has 6 nitrogen and oxygen atoms in total. The number of nitrogens with one attached hydrogen (secondary N) is 1. The van der Waals surface area contributed by atoms with E-state index in [0.717, 1.165) is 28.7 Å². The lowest BCUT2D eigenvalue weighted by molar-refractivity contribution is -0.115. The molecule has 0 atom stereocenters. The predicted octanol–water partition coefficient (Wildman–Crippen LogP) is 4.13. The molecule has 1 heterocycles. The lowest BCUT2D eigenvalue weighted by Crippen LogP contribution is -2.20. The molecule has 7 heteroatoms. The fraction of sp³-hybridized carbons (Fsp3) is 0.300. The summed E-state index contributed by atoms with van der Waals surface area (Å²) in [6.07, 6.45) is 5.45. The lowest BCUT2D eigenvalue weighted by atomic mass is 10.2. The quantitative estimate of drug-likeness (QED) is 0.588. The molecule has 0 radical (unpaired) electrons. The molecule has 1 aliphatic heterocycles. The van der Waals surface area contributed by atoms with Gasteiger partial charge < -0.3 is 4.74 Å². The van der Waals surface area contributed by atoms with Crippen molar-refractivity contribution < 1.29 is 14.3 Å². The van der Waals surface area contributed by atoms with E-state index < -0.39 is 0 Å². The van der Waals surface area contributed by atoms with Gasteiger partial charge in [0.1, 0.15) is 12.4 Å². The van der Waals surface area contributed by atoms with Gasteiger partial charge in [0, 0.05) is 14.1 Å². The van der Waals surface area contributed by atoms with Crippen molar-refractivity contribution in [3.63, 3.8) is 0 Å². The molecule has 144 valence electrons. The molecule has 0 aliphatic carbocycles. The second-order valence-corrected chi connectivity index (χ2v) is 6.00. The van der Waals surface area contributed by atoms with Gasteiger partial charge in [0.25, 0.3) is 11.1 Å². The van der Waals surface area contributed by atoms with Gasteiger partial charge in [-0.15, -0.1) is 0 Å². The van der Waals surface area contributed by atoms with E-state index in [2.05, 4.69) is 15.3 Å². The highest BCUT2D eigenvalue weighted by molar-refractivity contribution is 8.18. The highest BCUT2D eigenvalue weighted by Gasteiger charge is 2.24. The maximum atomic E-state index is 11.5. The number of nitrogens with zero attached hydrogens (tertiary/aromatic N) is 2. The number of benzene rings is 1. The molecule has 0 bridgehead atoms. The Morgan fingerprint density at radius 2 is 1.81 bits per heavy atom. The van der Waals surface area contributed by atoms with Gasteiger partial charge >= 0.3 is 0 Å². The normalized spacial score (nSPS) is 16.4. The van der Waals surface area contributed by atoms with Crippen molar-refractivity contribution in [3.05, 3.63) is 46.9 Å². The van der Waals surface area contributed by atoms with E-state index in [1.807, 2.05) is 45.1 Å². The second kappa shape index (κ2) is 11.9. The van der Waals surface area contributed by atoms with Crippen LogP contribution in [0.1, 0.15) is 26.3 Å². The first-order chi connectivity index (χ1) is 13.1. The number of hydrogen-bond donors (Lipinski definition) is 1. The number of amides is 2. The number of thioether (sulfide) groups is 1. The standard InChI is InChI=1S/C18H19N3O3S.C2H6/c1-4-5-14(19-2)15(20-3)11-24-13-8-6-12(7-9-13)10-16-17(22)21-18(23)25-16;1-2/h4-10H,11H2,1-3H3,(H,21,22,23);1-2H3/b5-4-,16-10+,19-14?,20-15?;. The number of carbonyl (C=O) groups excluding carboxylic acids is 2. The van der Waals surface area contributed by atoms with Gasteiger partial charge in [0.05, 0.1) is 16.3 Å². The van der Waals surface area contributed by atoms with Crippen LogP contribution in [0, 0.1) is 0 Å². The molecule has 27 heavy (non-hydrogen) atoms. The third kappa shape index (κ3) is 6.86. The monoisotopic (exact) mass is 387 g/mol. The molecule has 0 aromatic heterocycles. The van der Waals surface area contributed by atoms with Gasteiger partial charge in [0.15, 0.2) is 0 Å².